The van der Waals surface area contributed by atoms with Gasteiger partial charge in [-0.3, -0.25) is 9.59 Å². The molecule has 5 nitrogen and oxygen atoms in total. The molecule has 1 aromatic heterocycles. The van der Waals surface area contributed by atoms with Crippen LogP contribution < -0.4 is 5.56 Å². The second kappa shape index (κ2) is 5.12. The van der Waals surface area contributed by atoms with Gasteiger partial charge in [-0.2, -0.15) is 5.26 Å². The molecule has 0 fully saturated rings. The maximum Gasteiger partial charge on any atom is 0.266 e. The topological polar surface area (TPSA) is 77.0 Å². The molecule has 1 N–H and O–H groups in total. The fraction of sp³-hybridized carbons (Fsp3) is 0.250. The van der Waals surface area contributed by atoms with Crippen molar-refractivity contribution in [1.82, 2.24) is 9.88 Å². The highest BCUT2D eigenvalue weighted by Gasteiger charge is 2.10. The zero-order valence-electron chi connectivity index (χ0n) is 9.94. The molecule has 0 saturated carbocycles. The summed E-state index contributed by atoms with van der Waals surface area (Å²) in [5.74, 6) is -0.198. The SMILES string of the molecule is CC(=O)c1cc(C#N)c(=O)[nH]c1C=CN(C)C. The molecule has 0 spiro atoms. The van der Waals surface area contributed by atoms with E-state index in [1.165, 1.54) is 13.0 Å². The Morgan fingerprint density at radius 1 is 1.53 bits per heavy atom. The molecule has 0 saturated heterocycles. The van der Waals surface area contributed by atoms with Gasteiger partial charge in [-0.25, -0.2) is 0 Å². The van der Waals surface area contributed by atoms with Crippen molar-refractivity contribution < 1.29 is 4.79 Å². The van der Waals surface area contributed by atoms with Gasteiger partial charge in [-0.1, -0.05) is 0 Å². The van der Waals surface area contributed by atoms with Gasteiger partial charge in [0.05, 0.1) is 5.69 Å². The smallest absolute Gasteiger partial charge is 0.266 e. The van der Waals surface area contributed by atoms with Gasteiger partial charge in [0.1, 0.15) is 11.6 Å². The van der Waals surface area contributed by atoms with Crippen molar-refractivity contribution in [3.05, 3.63) is 39.4 Å². The fourth-order valence-corrected chi connectivity index (χ4v) is 1.27. The van der Waals surface area contributed by atoms with E-state index in [0.29, 0.717) is 11.3 Å². The fourth-order valence-electron chi connectivity index (χ4n) is 1.27. The van der Waals surface area contributed by atoms with Crippen molar-refractivity contribution in [3.8, 4) is 6.07 Å². The largest absolute Gasteiger partial charge is 0.383 e. The number of aromatic nitrogens is 1. The first-order valence-corrected chi connectivity index (χ1v) is 4.98. The molecule has 5 heteroatoms. The molecule has 17 heavy (non-hydrogen) atoms. The number of nitrogens with one attached hydrogen (secondary N) is 1. The van der Waals surface area contributed by atoms with Gasteiger partial charge in [-0.05, 0) is 19.1 Å². The zero-order chi connectivity index (χ0) is 13.0. The lowest BCUT2D eigenvalue weighted by Gasteiger charge is -2.06. The summed E-state index contributed by atoms with van der Waals surface area (Å²) in [7, 11) is 3.65. The van der Waals surface area contributed by atoms with E-state index in [2.05, 4.69) is 4.98 Å². The van der Waals surface area contributed by atoms with Crippen LogP contribution in [0, 0.1) is 11.3 Å². The zero-order valence-corrected chi connectivity index (χ0v) is 9.94. The number of hydrogen-bond acceptors (Lipinski definition) is 4. The highest BCUT2D eigenvalue weighted by molar-refractivity contribution is 5.97. The van der Waals surface area contributed by atoms with Gasteiger partial charge < -0.3 is 9.88 Å². The average molecular weight is 231 g/mol. The third-order valence-corrected chi connectivity index (χ3v) is 2.11. The normalized spacial score (nSPS) is 10.2. The van der Waals surface area contributed by atoms with Gasteiger partial charge in [0, 0.05) is 25.9 Å². The number of carbonyl (C=O) groups excluding carboxylic acids is 1. The number of H-pyrrole nitrogens is 1. The monoisotopic (exact) mass is 231 g/mol. The highest BCUT2D eigenvalue weighted by atomic mass is 16.1. The molecule has 0 amide bonds. The van der Waals surface area contributed by atoms with Crippen LogP contribution in [0.5, 0.6) is 0 Å². The van der Waals surface area contributed by atoms with Gasteiger partial charge in [-0.15, -0.1) is 0 Å². The Labute approximate surface area is 99.0 Å². The molecule has 0 unspecified atom stereocenters. The lowest BCUT2D eigenvalue weighted by molar-refractivity contribution is 0.101. The number of rotatable bonds is 3. The summed E-state index contributed by atoms with van der Waals surface area (Å²) in [4.78, 5) is 27.2. The Balaban J connectivity index is 3.40. The number of carbonyl (C=O) groups is 1. The third-order valence-electron chi connectivity index (χ3n) is 2.11. The van der Waals surface area contributed by atoms with Gasteiger partial charge >= 0.3 is 0 Å². The molecule has 0 bridgehead atoms. The minimum atomic E-state index is -0.490. The van der Waals surface area contributed by atoms with Crippen molar-refractivity contribution in [2.24, 2.45) is 0 Å². The van der Waals surface area contributed by atoms with Crippen LogP contribution in [0.25, 0.3) is 6.08 Å². The van der Waals surface area contributed by atoms with Crippen molar-refractivity contribution in [1.29, 1.82) is 5.26 Å². The van der Waals surface area contributed by atoms with Crippen molar-refractivity contribution in [3.63, 3.8) is 0 Å². The maximum atomic E-state index is 11.5. The number of hydrogen-bond donors (Lipinski definition) is 1. The second-order valence-electron chi connectivity index (χ2n) is 3.79. The number of pyridine rings is 1. The molecule has 1 aromatic rings. The van der Waals surface area contributed by atoms with Crippen molar-refractivity contribution in [2.45, 2.75) is 6.92 Å². The molecule has 0 radical (unpaired) electrons. The Bertz CT molecular complexity index is 562. The van der Waals surface area contributed by atoms with Gasteiger partial charge in [0.2, 0.25) is 0 Å². The molecule has 0 aromatic carbocycles. The van der Waals surface area contributed by atoms with Crippen LogP contribution in [0.1, 0.15) is 28.5 Å². The number of ketones is 1. The van der Waals surface area contributed by atoms with Crippen molar-refractivity contribution in [2.75, 3.05) is 14.1 Å². The summed E-state index contributed by atoms with van der Waals surface area (Å²) >= 11 is 0. The van der Waals surface area contributed by atoms with Crippen molar-refractivity contribution >= 4 is 11.9 Å². The summed E-state index contributed by atoms with van der Waals surface area (Å²) in [6, 6.07) is 3.07. The number of nitrogens with zero attached hydrogens (tertiary/aromatic N) is 2. The molecule has 0 aliphatic rings. The van der Waals surface area contributed by atoms with Crippen LogP contribution in [-0.4, -0.2) is 29.8 Å². The van der Waals surface area contributed by atoms with Crippen LogP contribution in [0.15, 0.2) is 17.1 Å². The predicted octanol–water partition coefficient (Wildman–Crippen LogP) is 0.981. The van der Waals surface area contributed by atoms with E-state index in [4.69, 9.17) is 5.26 Å². The standard InChI is InChI=1S/C12H13N3O2/c1-8(16)10-6-9(7-13)12(17)14-11(10)4-5-15(2)3/h4-6H,1-3H3,(H,14,17). The van der Waals surface area contributed by atoms with Crippen LogP contribution in [0.2, 0.25) is 0 Å². The van der Waals surface area contributed by atoms with E-state index < -0.39 is 5.56 Å². The Hall–Kier alpha value is -2.35. The lowest BCUT2D eigenvalue weighted by atomic mass is 10.1. The molecule has 0 aliphatic heterocycles. The number of Topliss-reactive ketones (excluding diaryl/α,β-unsaturated/α-hetero) is 1. The summed E-state index contributed by atoms with van der Waals surface area (Å²) in [6.45, 7) is 1.39. The predicted molar refractivity (Wildman–Crippen MR) is 64.5 cm³/mol. The molecule has 1 heterocycles. The van der Waals surface area contributed by atoms with Crippen LogP contribution >= 0.6 is 0 Å². The summed E-state index contributed by atoms with van der Waals surface area (Å²) in [5.41, 5.74) is 0.197. The van der Waals surface area contributed by atoms with E-state index in [1.807, 2.05) is 14.1 Å². The Morgan fingerprint density at radius 3 is 2.65 bits per heavy atom. The molecule has 1 rings (SSSR count). The minimum absolute atomic E-state index is 0.0581. The number of aromatic amines is 1. The van der Waals surface area contributed by atoms with E-state index in [-0.39, 0.29) is 11.3 Å². The molecule has 88 valence electrons. The first-order valence-electron chi connectivity index (χ1n) is 4.98. The summed E-state index contributed by atoms with van der Waals surface area (Å²) < 4.78 is 0. The first-order chi connectivity index (χ1) is 7.95. The van der Waals surface area contributed by atoms with Crippen LogP contribution in [-0.2, 0) is 0 Å². The van der Waals surface area contributed by atoms with Crippen LogP contribution in [0.3, 0.4) is 0 Å². The minimum Gasteiger partial charge on any atom is -0.383 e. The lowest BCUT2D eigenvalue weighted by Crippen LogP contribution is -2.15. The average Bonchev–Trinajstić information content (AvgIpc) is 2.25. The van der Waals surface area contributed by atoms with E-state index in [0.717, 1.165) is 0 Å². The van der Waals surface area contributed by atoms with Crippen LogP contribution in [0.4, 0.5) is 0 Å². The summed E-state index contributed by atoms with van der Waals surface area (Å²) in [5, 5.41) is 8.73. The quantitative estimate of drug-likeness (QED) is 0.787. The highest BCUT2D eigenvalue weighted by Crippen LogP contribution is 2.09. The molecular weight excluding hydrogens is 218 g/mol. The summed E-state index contributed by atoms with van der Waals surface area (Å²) in [6.07, 6.45) is 3.34. The molecule has 0 atom stereocenters. The second-order valence-corrected chi connectivity index (χ2v) is 3.79. The number of nitriles is 1. The van der Waals surface area contributed by atoms with E-state index in [9.17, 15) is 9.59 Å². The van der Waals surface area contributed by atoms with Gasteiger partial charge in [0.15, 0.2) is 5.78 Å². The molecule has 0 aliphatic carbocycles. The maximum absolute atomic E-state index is 11.5. The third kappa shape index (κ3) is 3.05. The van der Waals surface area contributed by atoms with E-state index in [1.54, 1.807) is 23.2 Å². The first kappa shape index (κ1) is 12.7. The Morgan fingerprint density at radius 2 is 2.18 bits per heavy atom. The molecular formula is C12H13N3O2. The van der Waals surface area contributed by atoms with Gasteiger partial charge in [0.25, 0.3) is 5.56 Å². The Kier molecular flexibility index (Phi) is 3.83. The van der Waals surface area contributed by atoms with E-state index >= 15 is 0 Å².